The number of nitrogen functional groups attached to an aromatic ring is 1. The lowest BCUT2D eigenvalue weighted by atomic mass is 10.6. The van der Waals surface area contributed by atoms with E-state index in [0.717, 1.165) is 0 Å². The van der Waals surface area contributed by atoms with Gasteiger partial charge in [0.25, 0.3) is 0 Å². The first-order valence-electron chi connectivity index (χ1n) is 2.77. The van der Waals surface area contributed by atoms with Gasteiger partial charge in [0.2, 0.25) is 5.65 Å². The molecule has 2 aromatic rings. The van der Waals surface area contributed by atoms with Gasteiger partial charge in [0, 0.05) is 0 Å². The molecule has 2 rings (SSSR count). The van der Waals surface area contributed by atoms with E-state index in [1.165, 1.54) is 10.7 Å². The van der Waals surface area contributed by atoms with Crippen LogP contribution in [0.4, 0.5) is 5.82 Å². The zero-order valence-electron chi connectivity index (χ0n) is 5.27. The van der Waals surface area contributed by atoms with Crippen molar-refractivity contribution < 1.29 is 0 Å². The van der Waals surface area contributed by atoms with E-state index in [2.05, 4.69) is 20.5 Å². The molecule has 0 fully saturated rings. The van der Waals surface area contributed by atoms with E-state index < -0.39 is 0 Å². The molecule has 0 saturated heterocycles. The van der Waals surface area contributed by atoms with E-state index in [0.29, 0.717) is 5.65 Å². The molecule has 0 aliphatic carbocycles. The fraction of sp³-hybridized carbons (Fsp3) is 0. The van der Waals surface area contributed by atoms with E-state index >= 15 is 0 Å². The number of rotatable bonds is 0. The molecule has 11 heavy (non-hydrogen) atoms. The van der Waals surface area contributed by atoms with Crippen molar-refractivity contribution in [2.75, 3.05) is 5.73 Å². The largest absolute Gasteiger partial charge is 0.380 e. The Morgan fingerprint density at radius 3 is 3.18 bits per heavy atom. The Bertz CT molecular complexity index is 394. The fourth-order valence-electron chi connectivity index (χ4n) is 0.744. The molecule has 0 aromatic carbocycles. The van der Waals surface area contributed by atoms with Crippen molar-refractivity contribution >= 4 is 23.1 Å². The molecule has 0 spiro atoms. The highest BCUT2D eigenvalue weighted by Crippen LogP contribution is 2.10. The minimum Gasteiger partial charge on any atom is -0.380 e. The lowest BCUT2D eigenvalue weighted by Crippen LogP contribution is -1.97. The second kappa shape index (κ2) is 2.03. The zero-order chi connectivity index (χ0) is 7.84. The maximum Gasteiger partial charge on any atom is 0.221 e. The molecule has 0 bridgehead atoms. The van der Waals surface area contributed by atoms with Crippen LogP contribution < -0.4 is 5.73 Å². The van der Waals surface area contributed by atoms with Crippen LogP contribution in [-0.2, 0) is 0 Å². The summed E-state index contributed by atoms with van der Waals surface area (Å²) in [7, 11) is 0. The normalized spacial score (nSPS) is 10.6. The molecule has 2 heterocycles. The summed E-state index contributed by atoms with van der Waals surface area (Å²) in [4.78, 5) is 3.75. The lowest BCUT2D eigenvalue weighted by Gasteiger charge is -1.93. The first-order chi connectivity index (χ1) is 5.27. The molecule has 0 aliphatic heterocycles. The number of halogens is 1. The summed E-state index contributed by atoms with van der Waals surface area (Å²) in [5.41, 5.74) is 5.85. The van der Waals surface area contributed by atoms with Gasteiger partial charge < -0.3 is 5.73 Å². The quantitative estimate of drug-likeness (QED) is 0.590. The number of nitrogens with two attached hydrogens (primary N) is 1. The van der Waals surface area contributed by atoms with Gasteiger partial charge in [0.1, 0.15) is 5.15 Å². The Morgan fingerprint density at radius 1 is 1.55 bits per heavy atom. The molecule has 0 radical (unpaired) electrons. The molecule has 0 saturated carbocycles. The summed E-state index contributed by atoms with van der Waals surface area (Å²) >= 11 is 5.57. The molecule has 2 aromatic heterocycles. The highest BCUT2D eigenvalue weighted by atomic mass is 35.5. The van der Waals surface area contributed by atoms with E-state index in [4.69, 9.17) is 17.3 Å². The van der Waals surface area contributed by atoms with Crippen molar-refractivity contribution in [2.24, 2.45) is 0 Å². The number of fused-ring (bicyclic) bond motifs is 1. The average Bonchev–Trinajstić information content (AvgIpc) is 2.34. The Labute approximate surface area is 66.0 Å². The SMILES string of the molecule is Nc1nc(Cl)cn2nnnc12. The second-order valence-electron chi connectivity index (χ2n) is 1.90. The summed E-state index contributed by atoms with van der Waals surface area (Å²) in [6.07, 6.45) is 1.48. The van der Waals surface area contributed by atoms with Gasteiger partial charge >= 0.3 is 0 Å². The number of tetrazole rings is 1. The highest BCUT2D eigenvalue weighted by Gasteiger charge is 2.03. The number of nitrogens with zero attached hydrogens (tertiary/aromatic N) is 5. The first kappa shape index (κ1) is 6.29. The van der Waals surface area contributed by atoms with Crippen molar-refractivity contribution in [1.82, 2.24) is 25.0 Å². The van der Waals surface area contributed by atoms with Gasteiger partial charge in [0.15, 0.2) is 5.82 Å². The molecule has 0 atom stereocenters. The van der Waals surface area contributed by atoms with Gasteiger partial charge in [-0.15, -0.1) is 5.10 Å². The van der Waals surface area contributed by atoms with Crippen LogP contribution in [0.5, 0.6) is 0 Å². The minimum absolute atomic E-state index is 0.225. The van der Waals surface area contributed by atoms with E-state index in [-0.39, 0.29) is 11.0 Å². The number of hydrogen-bond acceptors (Lipinski definition) is 5. The van der Waals surface area contributed by atoms with Gasteiger partial charge in [-0.1, -0.05) is 11.6 Å². The number of hydrogen-bond donors (Lipinski definition) is 1. The van der Waals surface area contributed by atoms with Gasteiger partial charge in [-0.3, -0.25) is 0 Å². The van der Waals surface area contributed by atoms with Crippen LogP contribution >= 0.6 is 11.6 Å². The van der Waals surface area contributed by atoms with Crippen molar-refractivity contribution in [3.63, 3.8) is 0 Å². The minimum atomic E-state index is 0.225. The van der Waals surface area contributed by atoms with E-state index in [1.807, 2.05) is 0 Å². The van der Waals surface area contributed by atoms with Crippen molar-refractivity contribution in [2.45, 2.75) is 0 Å². The van der Waals surface area contributed by atoms with Crippen molar-refractivity contribution in [3.8, 4) is 0 Å². The van der Waals surface area contributed by atoms with Gasteiger partial charge in [-0.25, -0.2) is 4.98 Å². The maximum atomic E-state index is 5.57. The molecule has 2 N–H and O–H groups in total. The van der Waals surface area contributed by atoms with E-state index in [9.17, 15) is 0 Å². The fourth-order valence-corrected chi connectivity index (χ4v) is 0.928. The molecule has 0 amide bonds. The predicted octanol–water partition coefficient (Wildman–Crippen LogP) is -0.245. The van der Waals surface area contributed by atoms with Crippen LogP contribution in [0.3, 0.4) is 0 Å². The Hall–Kier alpha value is -1.43. The molecule has 0 aliphatic rings. The third-order valence-corrected chi connectivity index (χ3v) is 1.36. The Kier molecular flexibility index (Phi) is 1.16. The van der Waals surface area contributed by atoms with E-state index in [1.54, 1.807) is 0 Å². The van der Waals surface area contributed by atoms with Gasteiger partial charge in [0.05, 0.1) is 6.20 Å². The first-order valence-corrected chi connectivity index (χ1v) is 3.15. The Balaban J connectivity index is 2.91. The van der Waals surface area contributed by atoms with Crippen molar-refractivity contribution in [3.05, 3.63) is 11.3 Å². The third kappa shape index (κ3) is 0.874. The molecule has 56 valence electrons. The second-order valence-corrected chi connectivity index (χ2v) is 2.28. The molecule has 6 nitrogen and oxygen atoms in total. The predicted molar refractivity (Wildman–Crippen MR) is 38.0 cm³/mol. The summed E-state index contributed by atoms with van der Waals surface area (Å²) in [5, 5.41) is 10.9. The average molecular weight is 171 g/mol. The summed E-state index contributed by atoms with van der Waals surface area (Å²) in [5.74, 6) is 0.225. The van der Waals surface area contributed by atoms with Gasteiger partial charge in [-0.2, -0.15) is 4.52 Å². The number of aromatic nitrogens is 5. The highest BCUT2D eigenvalue weighted by molar-refractivity contribution is 6.29. The van der Waals surface area contributed by atoms with Crippen LogP contribution in [0, 0.1) is 0 Å². The molecular weight excluding hydrogens is 168 g/mol. The van der Waals surface area contributed by atoms with Crippen LogP contribution in [-0.4, -0.2) is 25.0 Å². The van der Waals surface area contributed by atoms with Crippen molar-refractivity contribution in [1.29, 1.82) is 0 Å². The number of anilines is 1. The van der Waals surface area contributed by atoms with Crippen LogP contribution in [0.25, 0.3) is 5.65 Å². The monoisotopic (exact) mass is 170 g/mol. The molecule has 7 heteroatoms. The summed E-state index contributed by atoms with van der Waals surface area (Å²) in [6.45, 7) is 0. The maximum absolute atomic E-state index is 5.57. The topological polar surface area (TPSA) is 82.0 Å². The van der Waals surface area contributed by atoms with Crippen LogP contribution in [0.15, 0.2) is 6.20 Å². The van der Waals surface area contributed by atoms with Crippen LogP contribution in [0.1, 0.15) is 0 Å². The summed E-state index contributed by atoms with van der Waals surface area (Å²) < 4.78 is 1.37. The Morgan fingerprint density at radius 2 is 2.36 bits per heavy atom. The summed E-state index contributed by atoms with van der Waals surface area (Å²) in [6, 6.07) is 0. The molecular formula is C4H3ClN6. The zero-order valence-corrected chi connectivity index (χ0v) is 6.02. The standard InChI is InChI=1S/C4H3ClN6/c5-2-1-11-4(3(6)7-2)8-9-10-11/h1H,(H2,6,7). The van der Waals surface area contributed by atoms with Crippen LogP contribution in [0.2, 0.25) is 5.15 Å². The lowest BCUT2D eigenvalue weighted by molar-refractivity contribution is 0.821. The third-order valence-electron chi connectivity index (χ3n) is 1.18. The smallest absolute Gasteiger partial charge is 0.221 e. The molecule has 0 unspecified atom stereocenters. The van der Waals surface area contributed by atoms with Gasteiger partial charge in [-0.05, 0) is 10.4 Å².